The van der Waals surface area contributed by atoms with Crippen LogP contribution in [0.3, 0.4) is 0 Å². The van der Waals surface area contributed by atoms with E-state index in [-0.39, 0.29) is 23.4 Å². The van der Waals surface area contributed by atoms with Crippen LogP contribution in [0, 0.1) is 20.2 Å². The lowest BCUT2D eigenvalue weighted by molar-refractivity contribution is -0.388. The number of rotatable bonds is 6. The third-order valence-corrected chi connectivity index (χ3v) is 6.68. The van der Waals surface area contributed by atoms with E-state index >= 15 is 0 Å². The fourth-order valence-corrected chi connectivity index (χ4v) is 4.92. The molecule has 0 aliphatic carbocycles. The number of nitrogens with one attached hydrogen (secondary N) is 2. The minimum atomic E-state index is -4.66. The number of aromatic nitrogens is 4. The maximum atomic E-state index is 13.4. The van der Waals surface area contributed by atoms with Crippen LogP contribution in [0.25, 0.3) is 22.1 Å². The molecule has 12 nitrogen and oxygen atoms in total. The van der Waals surface area contributed by atoms with Gasteiger partial charge in [-0.3, -0.25) is 20.2 Å². The number of nitrogens with zero attached hydrogens (tertiary/aromatic N) is 4. The van der Waals surface area contributed by atoms with Gasteiger partial charge >= 0.3 is 0 Å². The number of hydrogen-bond donors (Lipinski definition) is 2. The minimum absolute atomic E-state index is 0. The molecule has 2 aromatic carbocycles. The monoisotopic (exact) mass is 480 g/mol. The lowest BCUT2D eigenvalue weighted by atomic mass is 10.3. The molecule has 0 unspecified atom stereocenters. The molecular weight excluding hydrogens is 464 g/mol. The van der Waals surface area contributed by atoms with Gasteiger partial charge in [0.1, 0.15) is 11.6 Å². The van der Waals surface area contributed by atoms with E-state index in [9.17, 15) is 28.6 Å². The zero-order chi connectivity index (χ0) is 22.5. The zero-order valence-corrected chi connectivity index (χ0v) is 18.4. The number of halogens is 1. The van der Waals surface area contributed by atoms with Gasteiger partial charge in [0, 0.05) is 25.0 Å². The largest absolute Gasteiger partial charge is 0.342 e. The summed E-state index contributed by atoms with van der Waals surface area (Å²) in [6.45, 7) is 3.63. The highest BCUT2D eigenvalue weighted by atomic mass is 35.5. The molecule has 4 rings (SSSR count). The molecule has 0 amide bonds. The summed E-state index contributed by atoms with van der Waals surface area (Å²) in [6, 6.07) is 4.27. The van der Waals surface area contributed by atoms with E-state index in [1.807, 2.05) is 13.8 Å². The SMILES string of the molecule is CCc1nc2cc(S(=O)(=O)c3cc4nc(CC)[nH]c4cc3[N+](=O)[O-])c([N+](=O)[O-])cc2[nH]1.Cl. The molecule has 14 heteroatoms. The Balaban J connectivity index is 0.00000289. The van der Waals surface area contributed by atoms with Crippen LogP contribution in [-0.4, -0.2) is 38.2 Å². The number of hydrogen-bond acceptors (Lipinski definition) is 8. The molecule has 0 aliphatic heterocycles. The van der Waals surface area contributed by atoms with Crippen LogP contribution in [0.2, 0.25) is 0 Å². The van der Waals surface area contributed by atoms with Crippen LogP contribution in [0.15, 0.2) is 34.1 Å². The summed E-state index contributed by atoms with van der Waals surface area (Å²) in [7, 11) is -4.66. The van der Waals surface area contributed by atoms with Crippen molar-refractivity contribution in [3.63, 3.8) is 0 Å². The van der Waals surface area contributed by atoms with Gasteiger partial charge in [-0.05, 0) is 12.1 Å². The molecule has 168 valence electrons. The normalized spacial score (nSPS) is 11.6. The molecule has 0 spiro atoms. The van der Waals surface area contributed by atoms with E-state index in [1.165, 1.54) is 0 Å². The Hall–Kier alpha value is -3.58. The third kappa shape index (κ3) is 3.65. The standard InChI is InChI=1S/C18H16N6O6S.ClH/c1-3-17-19-9-5-13(23(25)26)15(7-11(9)21-17)31(29,30)16-8-12-10(6-14(16)24(27)28)20-18(4-2)22-12;/h5-8H,3-4H2,1-2H3,(H,19,21)(H,20,22);1H. The molecule has 0 bridgehead atoms. The Morgan fingerprint density at radius 1 is 0.812 bits per heavy atom. The first-order valence-corrected chi connectivity index (χ1v) is 10.7. The minimum Gasteiger partial charge on any atom is -0.342 e. The summed E-state index contributed by atoms with van der Waals surface area (Å²) in [5.41, 5.74) is -0.399. The van der Waals surface area contributed by atoms with Gasteiger partial charge < -0.3 is 9.97 Å². The highest BCUT2D eigenvalue weighted by molar-refractivity contribution is 7.91. The zero-order valence-electron chi connectivity index (χ0n) is 16.8. The number of benzene rings is 2. The molecule has 0 saturated heterocycles. The fourth-order valence-electron chi connectivity index (χ4n) is 3.33. The Bertz CT molecular complexity index is 1390. The maximum absolute atomic E-state index is 13.4. The van der Waals surface area contributed by atoms with Gasteiger partial charge in [-0.2, -0.15) is 0 Å². The van der Waals surface area contributed by atoms with Crippen LogP contribution in [0.5, 0.6) is 0 Å². The van der Waals surface area contributed by atoms with Gasteiger partial charge in [0.05, 0.1) is 31.9 Å². The average Bonchev–Trinajstić information content (AvgIpc) is 3.33. The lowest BCUT2D eigenvalue weighted by Crippen LogP contribution is -2.08. The second-order valence-electron chi connectivity index (χ2n) is 6.77. The summed E-state index contributed by atoms with van der Waals surface area (Å²) >= 11 is 0. The highest BCUT2D eigenvalue weighted by Crippen LogP contribution is 2.37. The number of nitro groups is 2. The van der Waals surface area contributed by atoms with Crippen molar-refractivity contribution in [3.05, 3.63) is 56.1 Å². The summed E-state index contributed by atoms with van der Waals surface area (Å²) in [4.78, 5) is 34.5. The molecular formula is C18H17ClN6O6S. The number of nitro benzene ring substituents is 2. The number of sulfone groups is 1. The molecule has 2 aromatic heterocycles. The van der Waals surface area contributed by atoms with Crippen LogP contribution < -0.4 is 0 Å². The lowest BCUT2D eigenvalue weighted by Gasteiger charge is -2.07. The number of imidazole rings is 2. The van der Waals surface area contributed by atoms with E-state index in [2.05, 4.69) is 19.9 Å². The molecule has 4 aromatic rings. The van der Waals surface area contributed by atoms with Gasteiger partial charge in [0.2, 0.25) is 9.84 Å². The van der Waals surface area contributed by atoms with Gasteiger partial charge in [0.25, 0.3) is 11.4 Å². The van der Waals surface area contributed by atoms with Crippen molar-refractivity contribution in [2.75, 3.05) is 0 Å². The van der Waals surface area contributed by atoms with Crippen molar-refractivity contribution in [1.82, 2.24) is 19.9 Å². The molecule has 0 saturated carbocycles. The first-order valence-electron chi connectivity index (χ1n) is 9.24. The first kappa shape index (κ1) is 23.1. The van der Waals surface area contributed by atoms with Crippen molar-refractivity contribution in [2.24, 2.45) is 0 Å². The summed E-state index contributed by atoms with van der Waals surface area (Å²) in [5, 5.41) is 23.3. The first-order chi connectivity index (χ1) is 14.6. The quantitative estimate of drug-likeness (QED) is 0.310. The van der Waals surface area contributed by atoms with Gasteiger partial charge in [-0.1, -0.05) is 13.8 Å². The van der Waals surface area contributed by atoms with Crippen molar-refractivity contribution in [1.29, 1.82) is 0 Å². The van der Waals surface area contributed by atoms with Crippen molar-refractivity contribution >= 4 is 55.7 Å². The second-order valence-corrected chi connectivity index (χ2v) is 8.65. The number of aromatic amines is 2. The molecule has 0 fully saturated rings. The average molecular weight is 481 g/mol. The Morgan fingerprint density at radius 2 is 1.19 bits per heavy atom. The van der Waals surface area contributed by atoms with Gasteiger partial charge in [0.15, 0.2) is 9.79 Å². The van der Waals surface area contributed by atoms with Crippen LogP contribution in [0.1, 0.15) is 25.5 Å². The smallest absolute Gasteiger partial charge is 0.290 e. The van der Waals surface area contributed by atoms with Gasteiger partial charge in [-0.25, -0.2) is 18.4 Å². The van der Waals surface area contributed by atoms with Crippen molar-refractivity contribution in [2.45, 2.75) is 36.5 Å². The molecule has 2 N–H and O–H groups in total. The molecule has 0 atom stereocenters. The van der Waals surface area contributed by atoms with Crippen molar-refractivity contribution < 1.29 is 18.3 Å². The number of fused-ring (bicyclic) bond motifs is 2. The maximum Gasteiger partial charge on any atom is 0.290 e. The predicted octanol–water partition coefficient (Wildman–Crippen LogP) is 3.64. The van der Waals surface area contributed by atoms with Crippen LogP contribution in [0.4, 0.5) is 11.4 Å². The molecule has 0 aliphatic rings. The summed E-state index contributed by atoms with van der Waals surface area (Å²) < 4.78 is 26.9. The third-order valence-electron chi connectivity index (χ3n) is 4.87. The Labute approximate surface area is 186 Å². The molecule has 32 heavy (non-hydrogen) atoms. The van der Waals surface area contributed by atoms with E-state index in [0.29, 0.717) is 35.5 Å². The second kappa shape index (κ2) is 8.16. The molecule has 0 radical (unpaired) electrons. The highest BCUT2D eigenvalue weighted by Gasteiger charge is 2.35. The van der Waals surface area contributed by atoms with E-state index in [4.69, 9.17) is 0 Å². The van der Waals surface area contributed by atoms with Gasteiger partial charge in [-0.15, -0.1) is 12.4 Å². The summed E-state index contributed by atoms with van der Waals surface area (Å²) in [6.07, 6.45) is 1.01. The Morgan fingerprint density at radius 3 is 1.50 bits per heavy atom. The summed E-state index contributed by atoms with van der Waals surface area (Å²) in [5.74, 6) is 1.05. The fraction of sp³-hybridized carbons (Fsp3) is 0.222. The Kier molecular flexibility index (Phi) is 5.89. The van der Waals surface area contributed by atoms with E-state index < -0.39 is 40.8 Å². The molecule has 2 heterocycles. The predicted molar refractivity (Wildman–Crippen MR) is 117 cm³/mol. The topological polar surface area (TPSA) is 178 Å². The van der Waals surface area contributed by atoms with Crippen LogP contribution in [-0.2, 0) is 22.7 Å². The van der Waals surface area contributed by atoms with E-state index in [0.717, 1.165) is 24.3 Å². The number of aryl methyl sites for hydroxylation is 2. The number of H-pyrrole nitrogens is 2. The van der Waals surface area contributed by atoms with Crippen LogP contribution >= 0.6 is 12.4 Å². The van der Waals surface area contributed by atoms with Crippen molar-refractivity contribution in [3.8, 4) is 0 Å². The van der Waals surface area contributed by atoms with E-state index in [1.54, 1.807) is 0 Å².